The zero-order valence-electron chi connectivity index (χ0n) is 14.5. The van der Waals surface area contributed by atoms with Crippen molar-refractivity contribution in [2.45, 2.75) is 20.3 Å². The summed E-state index contributed by atoms with van der Waals surface area (Å²) in [7, 11) is 0. The number of hydrogen-bond acceptors (Lipinski definition) is 5. The van der Waals surface area contributed by atoms with Crippen molar-refractivity contribution in [3.05, 3.63) is 58.6 Å². The number of nitrogens with one attached hydrogen (secondary N) is 1. The van der Waals surface area contributed by atoms with Gasteiger partial charge >= 0.3 is 0 Å². The first-order valence-electron chi connectivity index (χ1n) is 8.17. The van der Waals surface area contributed by atoms with Crippen LogP contribution in [0.1, 0.15) is 18.1 Å². The van der Waals surface area contributed by atoms with E-state index in [1.165, 1.54) is 0 Å². The van der Waals surface area contributed by atoms with Crippen LogP contribution >= 0.6 is 11.6 Å². The maximum absolute atomic E-state index is 12.3. The van der Waals surface area contributed by atoms with Crippen LogP contribution in [0.25, 0.3) is 11.3 Å². The van der Waals surface area contributed by atoms with E-state index in [2.05, 4.69) is 15.6 Å². The summed E-state index contributed by atoms with van der Waals surface area (Å²) in [5, 5.41) is 11.1. The first-order valence-corrected chi connectivity index (χ1v) is 8.55. The molecule has 0 aliphatic rings. The smallest absolute Gasteiger partial charge is 0.230 e. The largest absolute Gasteiger partial charge is 0.494 e. The topological polar surface area (TPSA) is 77.2 Å². The number of rotatable bonds is 6. The quantitative estimate of drug-likeness (QED) is 0.699. The number of aromatic nitrogens is 2. The molecule has 0 unspecified atom stereocenters. The molecule has 2 aromatic carbocycles. The first kappa shape index (κ1) is 17.9. The van der Waals surface area contributed by atoms with Gasteiger partial charge < -0.3 is 10.1 Å². The summed E-state index contributed by atoms with van der Waals surface area (Å²) in [6, 6.07) is 12.7. The van der Waals surface area contributed by atoms with Gasteiger partial charge in [-0.2, -0.15) is 0 Å². The Labute approximate surface area is 156 Å². The molecule has 0 aliphatic heterocycles. The maximum atomic E-state index is 12.3. The van der Waals surface area contributed by atoms with Gasteiger partial charge in [-0.25, -0.2) is 4.63 Å². The number of carbonyl (C=O) groups is 1. The van der Waals surface area contributed by atoms with Gasteiger partial charge in [0.25, 0.3) is 0 Å². The molecule has 3 aromatic rings. The van der Waals surface area contributed by atoms with Crippen molar-refractivity contribution in [3.63, 3.8) is 0 Å². The van der Waals surface area contributed by atoms with E-state index in [4.69, 9.17) is 21.0 Å². The number of ether oxygens (including phenoxy) is 1. The molecule has 0 spiro atoms. The zero-order chi connectivity index (χ0) is 18.5. The van der Waals surface area contributed by atoms with Gasteiger partial charge in [0.1, 0.15) is 5.75 Å². The van der Waals surface area contributed by atoms with Crippen molar-refractivity contribution in [3.8, 4) is 17.0 Å². The number of anilines is 1. The molecular formula is C19H18ClN3O3. The van der Waals surface area contributed by atoms with Gasteiger partial charge in [-0.05, 0) is 65.6 Å². The van der Waals surface area contributed by atoms with Crippen LogP contribution in [0.4, 0.5) is 5.82 Å². The van der Waals surface area contributed by atoms with E-state index >= 15 is 0 Å². The van der Waals surface area contributed by atoms with Crippen LogP contribution < -0.4 is 10.1 Å². The summed E-state index contributed by atoms with van der Waals surface area (Å²) < 4.78 is 10.4. The lowest BCUT2D eigenvalue weighted by Crippen LogP contribution is -2.15. The SMILES string of the molecule is CCOc1ccc(-c2nonc2NC(=O)Cc2ccc(Cl)cc2)cc1C. The van der Waals surface area contributed by atoms with Crippen LogP contribution in [-0.2, 0) is 11.2 Å². The molecule has 1 N–H and O–H groups in total. The van der Waals surface area contributed by atoms with Crippen LogP contribution in [0.2, 0.25) is 5.02 Å². The van der Waals surface area contributed by atoms with E-state index in [1.54, 1.807) is 24.3 Å². The van der Waals surface area contributed by atoms with E-state index in [0.717, 1.165) is 22.4 Å². The summed E-state index contributed by atoms with van der Waals surface area (Å²) >= 11 is 5.86. The second kappa shape index (κ2) is 8.01. The molecule has 1 aromatic heterocycles. The Bertz CT molecular complexity index is 907. The van der Waals surface area contributed by atoms with Gasteiger partial charge in [-0.15, -0.1) is 0 Å². The highest BCUT2D eigenvalue weighted by atomic mass is 35.5. The molecule has 0 bridgehead atoms. The summed E-state index contributed by atoms with van der Waals surface area (Å²) in [6.45, 7) is 4.47. The van der Waals surface area contributed by atoms with Crippen LogP contribution in [0, 0.1) is 6.92 Å². The number of amides is 1. The fourth-order valence-corrected chi connectivity index (χ4v) is 2.66. The van der Waals surface area contributed by atoms with Crippen molar-refractivity contribution in [1.29, 1.82) is 0 Å². The number of benzene rings is 2. The summed E-state index contributed by atoms with van der Waals surface area (Å²) in [4.78, 5) is 12.3. The normalized spacial score (nSPS) is 10.6. The van der Waals surface area contributed by atoms with E-state index in [-0.39, 0.29) is 18.1 Å². The molecule has 7 heteroatoms. The Hall–Kier alpha value is -2.86. The number of carbonyl (C=O) groups excluding carboxylic acids is 1. The van der Waals surface area contributed by atoms with E-state index < -0.39 is 0 Å². The molecule has 6 nitrogen and oxygen atoms in total. The molecule has 0 radical (unpaired) electrons. The highest BCUT2D eigenvalue weighted by Crippen LogP contribution is 2.29. The Kier molecular flexibility index (Phi) is 5.53. The summed E-state index contributed by atoms with van der Waals surface area (Å²) in [6.07, 6.45) is 0.200. The minimum atomic E-state index is -0.216. The molecule has 3 rings (SSSR count). The predicted octanol–water partition coefficient (Wildman–Crippen LogP) is 4.28. The summed E-state index contributed by atoms with van der Waals surface area (Å²) in [5.74, 6) is 0.875. The second-order valence-corrected chi connectivity index (χ2v) is 6.16. The molecule has 134 valence electrons. The Morgan fingerprint density at radius 3 is 2.65 bits per heavy atom. The molecule has 1 heterocycles. The van der Waals surface area contributed by atoms with Gasteiger partial charge in [0.05, 0.1) is 13.0 Å². The lowest BCUT2D eigenvalue weighted by molar-refractivity contribution is -0.115. The van der Waals surface area contributed by atoms with Crippen molar-refractivity contribution in [1.82, 2.24) is 10.3 Å². The van der Waals surface area contributed by atoms with Crippen molar-refractivity contribution in [2.24, 2.45) is 0 Å². The summed E-state index contributed by atoms with van der Waals surface area (Å²) in [5.41, 5.74) is 3.07. The Morgan fingerprint density at radius 2 is 1.96 bits per heavy atom. The average molecular weight is 372 g/mol. The fraction of sp³-hybridized carbons (Fsp3) is 0.211. The lowest BCUT2D eigenvalue weighted by Gasteiger charge is -2.08. The third kappa shape index (κ3) is 4.21. The molecule has 0 saturated heterocycles. The molecule has 0 atom stereocenters. The minimum absolute atomic E-state index is 0.200. The van der Waals surface area contributed by atoms with Gasteiger partial charge in [-0.1, -0.05) is 23.7 Å². The first-order chi connectivity index (χ1) is 12.6. The van der Waals surface area contributed by atoms with Crippen LogP contribution in [0.15, 0.2) is 47.1 Å². The highest BCUT2D eigenvalue weighted by molar-refractivity contribution is 6.30. The lowest BCUT2D eigenvalue weighted by atomic mass is 10.1. The number of halogens is 1. The van der Waals surface area contributed by atoms with Gasteiger partial charge in [-0.3, -0.25) is 4.79 Å². The molecule has 0 aliphatic carbocycles. The van der Waals surface area contributed by atoms with Crippen molar-refractivity contribution in [2.75, 3.05) is 11.9 Å². The standard InChI is InChI=1S/C19H18ClN3O3/c1-3-25-16-9-6-14(10-12(16)2)18-19(23-26-22-18)21-17(24)11-13-4-7-15(20)8-5-13/h4-10H,3,11H2,1-2H3,(H,21,23,24). The molecule has 1 amide bonds. The number of hydrogen-bond donors (Lipinski definition) is 1. The monoisotopic (exact) mass is 371 g/mol. The molecule has 26 heavy (non-hydrogen) atoms. The predicted molar refractivity (Wildman–Crippen MR) is 99.4 cm³/mol. The van der Waals surface area contributed by atoms with Crippen molar-refractivity contribution >= 4 is 23.3 Å². The molecule has 0 fully saturated rings. The van der Waals surface area contributed by atoms with E-state index in [1.807, 2.05) is 32.0 Å². The molecular weight excluding hydrogens is 354 g/mol. The van der Waals surface area contributed by atoms with Crippen molar-refractivity contribution < 1.29 is 14.2 Å². The number of nitrogens with zero attached hydrogens (tertiary/aromatic N) is 2. The van der Waals surface area contributed by atoms with Crippen LogP contribution in [0.3, 0.4) is 0 Å². The van der Waals surface area contributed by atoms with Gasteiger partial charge in [0, 0.05) is 10.6 Å². The maximum Gasteiger partial charge on any atom is 0.230 e. The number of aryl methyl sites for hydroxylation is 1. The highest BCUT2D eigenvalue weighted by Gasteiger charge is 2.16. The molecule has 0 saturated carbocycles. The minimum Gasteiger partial charge on any atom is -0.494 e. The Balaban J connectivity index is 1.75. The van der Waals surface area contributed by atoms with Gasteiger partial charge in [0.15, 0.2) is 5.69 Å². The third-order valence-electron chi connectivity index (χ3n) is 3.77. The zero-order valence-corrected chi connectivity index (χ0v) is 15.2. The average Bonchev–Trinajstić information content (AvgIpc) is 3.07. The Morgan fingerprint density at radius 1 is 1.19 bits per heavy atom. The van der Waals surface area contributed by atoms with E-state index in [0.29, 0.717) is 17.3 Å². The van der Waals surface area contributed by atoms with E-state index in [9.17, 15) is 4.79 Å². The van der Waals surface area contributed by atoms with Gasteiger partial charge in [0.2, 0.25) is 11.7 Å². The van der Waals surface area contributed by atoms with Crippen LogP contribution in [0.5, 0.6) is 5.75 Å². The fourth-order valence-electron chi connectivity index (χ4n) is 2.54. The van der Waals surface area contributed by atoms with Crippen LogP contribution in [-0.4, -0.2) is 22.8 Å². The second-order valence-electron chi connectivity index (χ2n) is 5.73. The third-order valence-corrected chi connectivity index (χ3v) is 4.02.